The Bertz CT molecular complexity index is 1020. The van der Waals surface area contributed by atoms with Gasteiger partial charge in [-0.15, -0.1) is 0 Å². The maximum absolute atomic E-state index is 12.7. The average molecular weight is 453 g/mol. The van der Waals surface area contributed by atoms with Crippen molar-refractivity contribution in [1.82, 2.24) is 10.6 Å². The standard InChI is InChI=1S/C25H28N2O6/c1-25(23(31)26-13-20(28)22(29)30)12-6-11-21(25)27-24(32)33-14-19-17-9-4-2-7-15(17)16-8-3-5-10-18(16)19/h2-5,7-10,19-21,28H,6,11-14H2,1H3,(H,26,31)(H,27,32)(H,29,30)/t20-,21?,25?/m0/s1. The highest BCUT2D eigenvalue weighted by Gasteiger charge is 2.46. The van der Waals surface area contributed by atoms with Gasteiger partial charge in [0.2, 0.25) is 5.91 Å². The minimum Gasteiger partial charge on any atom is -0.479 e. The van der Waals surface area contributed by atoms with Crippen LogP contribution in [0.15, 0.2) is 48.5 Å². The predicted molar refractivity (Wildman–Crippen MR) is 121 cm³/mol. The lowest BCUT2D eigenvalue weighted by atomic mass is 9.83. The minimum absolute atomic E-state index is 0.0566. The fraction of sp³-hybridized carbons (Fsp3) is 0.400. The number of benzene rings is 2. The van der Waals surface area contributed by atoms with E-state index in [9.17, 15) is 19.5 Å². The zero-order chi connectivity index (χ0) is 23.6. The molecule has 2 aromatic carbocycles. The van der Waals surface area contributed by atoms with Crippen LogP contribution in [0, 0.1) is 5.41 Å². The second-order valence-corrected chi connectivity index (χ2v) is 8.90. The SMILES string of the molecule is CC1(C(=O)NC[C@H](O)C(=O)O)CCCC1NC(=O)OCC1c2ccccc2-c2ccccc21. The predicted octanol–water partition coefficient (Wildman–Crippen LogP) is 2.65. The number of aliphatic hydroxyl groups excluding tert-OH is 1. The van der Waals surface area contributed by atoms with E-state index in [-0.39, 0.29) is 19.1 Å². The second-order valence-electron chi connectivity index (χ2n) is 8.90. The molecule has 0 spiro atoms. The van der Waals surface area contributed by atoms with E-state index in [2.05, 4.69) is 22.8 Å². The number of rotatable bonds is 7. The molecular weight excluding hydrogens is 424 g/mol. The highest BCUT2D eigenvalue weighted by Crippen LogP contribution is 2.44. The van der Waals surface area contributed by atoms with Crippen molar-refractivity contribution in [2.75, 3.05) is 13.2 Å². The van der Waals surface area contributed by atoms with Crippen LogP contribution in [0.1, 0.15) is 43.2 Å². The summed E-state index contributed by atoms with van der Waals surface area (Å²) in [7, 11) is 0. The number of carbonyl (C=O) groups excluding carboxylic acids is 2. The molecule has 0 saturated heterocycles. The largest absolute Gasteiger partial charge is 0.479 e. The number of fused-ring (bicyclic) bond motifs is 3. The first-order valence-electron chi connectivity index (χ1n) is 11.1. The van der Waals surface area contributed by atoms with Crippen LogP contribution in [0.5, 0.6) is 0 Å². The molecule has 0 aromatic heterocycles. The van der Waals surface area contributed by atoms with E-state index in [0.717, 1.165) is 28.7 Å². The first-order chi connectivity index (χ1) is 15.8. The summed E-state index contributed by atoms with van der Waals surface area (Å²) >= 11 is 0. The first kappa shape index (κ1) is 22.8. The molecule has 1 fully saturated rings. The van der Waals surface area contributed by atoms with E-state index in [4.69, 9.17) is 9.84 Å². The number of carbonyl (C=O) groups is 3. The van der Waals surface area contributed by atoms with Gasteiger partial charge in [-0.2, -0.15) is 0 Å². The molecule has 2 aliphatic carbocycles. The van der Waals surface area contributed by atoms with Crippen molar-refractivity contribution in [3.8, 4) is 11.1 Å². The van der Waals surface area contributed by atoms with Crippen LogP contribution in [-0.2, 0) is 14.3 Å². The van der Waals surface area contributed by atoms with Crippen LogP contribution in [0.4, 0.5) is 4.79 Å². The van der Waals surface area contributed by atoms with E-state index >= 15 is 0 Å². The molecule has 4 N–H and O–H groups in total. The number of nitrogens with one attached hydrogen (secondary N) is 2. The van der Waals surface area contributed by atoms with Crippen LogP contribution >= 0.6 is 0 Å². The Kier molecular flexibility index (Phi) is 6.37. The Morgan fingerprint density at radius 2 is 1.70 bits per heavy atom. The number of ether oxygens (including phenoxy) is 1. The molecule has 3 atom stereocenters. The Labute approximate surface area is 192 Å². The zero-order valence-corrected chi connectivity index (χ0v) is 18.4. The summed E-state index contributed by atoms with van der Waals surface area (Å²) in [6, 6.07) is 15.7. The number of carboxylic acids is 1. The van der Waals surface area contributed by atoms with Crippen LogP contribution < -0.4 is 10.6 Å². The van der Waals surface area contributed by atoms with Crippen LogP contribution in [0.3, 0.4) is 0 Å². The van der Waals surface area contributed by atoms with Gasteiger partial charge < -0.3 is 25.6 Å². The summed E-state index contributed by atoms with van der Waals surface area (Å²) in [6.07, 6.45) is -0.382. The van der Waals surface area contributed by atoms with Gasteiger partial charge in [-0.25, -0.2) is 9.59 Å². The third-order valence-electron chi connectivity index (χ3n) is 6.85. The number of carboxylic acid groups (broad SMARTS) is 1. The molecule has 8 heteroatoms. The summed E-state index contributed by atoms with van der Waals surface area (Å²) in [5.41, 5.74) is 3.61. The molecule has 0 bridgehead atoms. The normalized spacial score (nSPS) is 22.2. The molecule has 4 rings (SSSR count). The van der Waals surface area contributed by atoms with Crippen molar-refractivity contribution in [3.63, 3.8) is 0 Å². The molecule has 0 radical (unpaired) electrons. The molecule has 2 unspecified atom stereocenters. The number of aliphatic carboxylic acids is 1. The summed E-state index contributed by atoms with van der Waals surface area (Å²) < 4.78 is 5.60. The number of hydrogen-bond donors (Lipinski definition) is 4. The first-order valence-corrected chi connectivity index (χ1v) is 11.1. The molecule has 1 saturated carbocycles. The van der Waals surface area contributed by atoms with E-state index in [0.29, 0.717) is 12.8 Å². The van der Waals surface area contributed by atoms with Crippen molar-refractivity contribution >= 4 is 18.0 Å². The Hall–Kier alpha value is -3.39. The molecule has 8 nitrogen and oxygen atoms in total. The van der Waals surface area contributed by atoms with Gasteiger partial charge in [0, 0.05) is 12.0 Å². The van der Waals surface area contributed by atoms with Gasteiger partial charge in [0.25, 0.3) is 0 Å². The number of alkyl carbamates (subject to hydrolysis) is 1. The molecule has 174 valence electrons. The number of aliphatic hydroxyl groups is 1. The average Bonchev–Trinajstić information content (AvgIpc) is 3.34. The van der Waals surface area contributed by atoms with Crippen molar-refractivity contribution in [3.05, 3.63) is 59.7 Å². The minimum atomic E-state index is -1.67. The topological polar surface area (TPSA) is 125 Å². The molecule has 0 aliphatic heterocycles. The lowest BCUT2D eigenvalue weighted by molar-refractivity contribution is -0.146. The van der Waals surface area contributed by atoms with Crippen LogP contribution in [-0.4, -0.2) is 53.5 Å². The molecule has 0 heterocycles. The van der Waals surface area contributed by atoms with Crippen LogP contribution in [0.25, 0.3) is 11.1 Å². The Balaban J connectivity index is 1.38. The van der Waals surface area contributed by atoms with Crippen molar-refractivity contribution in [2.24, 2.45) is 5.41 Å². The number of hydrogen-bond acceptors (Lipinski definition) is 5. The molecule has 33 heavy (non-hydrogen) atoms. The molecule has 2 amide bonds. The molecular formula is C25H28N2O6. The van der Waals surface area contributed by atoms with E-state index in [1.807, 2.05) is 36.4 Å². The van der Waals surface area contributed by atoms with Crippen LogP contribution in [0.2, 0.25) is 0 Å². The number of amides is 2. The third-order valence-corrected chi connectivity index (χ3v) is 6.85. The smallest absolute Gasteiger partial charge is 0.407 e. The van der Waals surface area contributed by atoms with Gasteiger partial charge in [0.1, 0.15) is 6.61 Å². The fourth-order valence-corrected chi connectivity index (χ4v) is 4.93. The van der Waals surface area contributed by atoms with E-state index < -0.39 is 35.5 Å². The van der Waals surface area contributed by atoms with Crippen molar-refractivity contribution in [1.29, 1.82) is 0 Å². The molecule has 2 aromatic rings. The fourth-order valence-electron chi connectivity index (χ4n) is 4.93. The Morgan fingerprint density at radius 1 is 1.09 bits per heavy atom. The summed E-state index contributed by atoms with van der Waals surface area (Å²) in [5.74, 6) is -1.86. The third kappa shape index (κ3) is 4.43. The van der Waals surface area contributed by atoms with Gasteiger partial charge >= 0.3 is 12.1 Å². The van der Waals surface area contributed by atoms with Gasteiger partial charge in [0.05, 0.1) is 12.0 Å². The lowest BCUT2D eigenvalue weighted by Crippen LogP contribution is -2.52. The van der Waals surface area contributed by atoms with Crippen molar-refractivity contribution in [2.45, 2.75) is 44.2 Å². The second kappa shape index (κ2) is 9.23. The van der Waals surface area contributed by atoms with Gasteiger partial charge in [0.15, 0.2) is 6.10 Å². The van der Waals surface area contributed by atoms with Crippen molar-refractivity contribution < 1.29 is 29.3 Å². The quantitative estimate of drug-likeness (QED) is 0.512. The summed E-state index contributed by atoms with van der Waals surface area (Å²) in [5, 5.41) is 23.5. The maximum Gasteiger partial charge on any atom is 0.407 e. The van der Waals surface area contributed by atoms with Gasteiger partial charge in [-0.3, -0.25) is 4.79 Å². The van der Waals surface area contributed by atoms with Gasteiger partial charge in [-0.05, 0) is 42.0 Å². The maximum atomic E-state index is 12.7. The highest BCUT2D eigenvalue weighted by atomic mass is 16.5. The van der Waals surface area contributed by atoms with E-state index in [1.165, 1.54) is 0 Å². The van der Waals surface area contributed by atoms with E-state index in [1.54, 1.807) is 6.92 Å². The monoisotopic (exact) mass is 452 g/mol. The summed E-state index contributed by atoms with van der Waals surface area (Å²) in [4.78, 5) is 36.2. The summed E-state index contributed by atoms with van der Waals surface area (Å²) in [6.45, 7) is 1.53. The van der Waals surface area contributed by atoms with Gasteiger partial charge in [-0.1, -0.05) is 55.0 Å². The Morgan fingerprint density at radius 3 is 2.30 bits per heavy atom. The lowest BCUT2D eigenvalue weighted by Gasteiger charge is -2.31. The highest BCUT2D eigenvalue weighted by molar-refractivity contribution is 5.85. The molecule has 2 aliphatic rings. The zero-order valence-electron chi connectivity index (χ0n) is 18.4.